The molecule has 0 bridgehead atoms. The number of likely N-dealkylation sites (tertiary alicyclic amines) is 2. The lowest BCUT2D eigenvalue weighted by molar-refractivity contribution is -0.148. The Morgan fingerprint density at radius 3 is 2.32 bits per heavy atom. The van der Waals surface area contributed by atoms with Crippen molar-refractivity contribution in [2.24, 2.45) is 17.3 Å². The first-order valence-electron chi connectivity index (χ1n) is 20.0. The van der Waals surface area contributed by atoms with E-state index in [9.17, 15) is 32.4 Å². The number of pyridine rings is 1. The van der Waals surface area contributed by atoms with E-state index < -0.39 is 73.8 Å². The fourth-order valence-corrected chi connectivity index (χ4v) is 9.61. The van der Waals surface area contributed by atoms with Crippen LogP contribution in [0.4, 0.5) is 0 Å². The van der Waals surface area contributed by atoms with Gasteiger partial charge in [-0.15, -0.1) is 6.58 Å². The number of benzene rings is 2. The third-order valence-corrected chi connectivity index (χ3v) is 13.8. The summed E-state index contributed by atoms with van der Waals surface area (Å²) in [5.74, 6) is -3.75. The lowest BCUT2D eigenvalue weighted by Gasteiger charge is -2.36. The molecule has 13 nitrogen and oxygen atoms in total. The number of hydrogen-bond acceptors (Lipinski definition) is 8. The number of para-hydroxylation sites is 1. The molecule has 1 aromatic heterocycles. The van der Waals surface area contributed by atoms with Crippen LogP contribution in [0.2, 0.25) is 0 Å². The van der Waals surface area contributed by atoms with Crippen LogP contribution in [0.15, 0.2) is 73.3 Å². The number of nitrogens with zero attached hydrogens (tertiary/aromatic N) is 3. The van der Waals surface area contributed by atoms with Crippen LogP contribution >= 0.6 is 0 Å². The highest BCUT2D eigenvalue weighted by Gasteiger charge is 2.62. The van der Waals surface area contributed by atoms with E-state index in [0.717, 1.165) is 24.8 Å². The maximum absolute atomic E-state index is 14.8. The zero-order valence-electron chi connectivity index (χ0n) is 32.8. The summed E-state index contributed by atoms with van der Waals surface area (Å²) in [6.45, 7) is 10.7. The van der Waals surface area contributed by atoms with Crippen LogP contribution in [0.3, 0.4) is 0 Å². The van der Waals surface area contributed by atoms with E-state index in [4.69, 9.17) is 4.98 Å². The average molecular weight is 797 g/mol. The molecule has 7 rings (SSSR count). The third-order valence-electron chi connectivity index (χ3n) is 11.9. The summed E-state index contributed by atoms with van der Waals surface area (Å²) in [5.41, 5.74) is 0.222. The Bertz CT molecular complexity index is 2200. The van der Waals surface area contributed by atoms with Gasteiger partial charge in [-0.25, -0.2) is 13.4 Å². The van der Waals surface area contributed by atoms with E-state index in [0.29, 0.717) is 48.1 Å². The quantitative estimate of drug-likeness (QED) is 0.227. The molecule has 3 heterocycles. The molecule has 2 saturated heterocycles. The predicted octanol–water partition coefficient (Wildman–Crippen LogP) is 4.34. The maximum Gasteiger partial charge on any atom is 0.259 e. The summed E-state index contributed by atoms with van der Waals surface area (Å²) < 4.78 is 27.7. The first kappa shape index (κ1) is 40.1. The Kier molecular flexibility index (Phi) is 11.0. The minimum atomic E-state index is -3.91. The van der Waals surface area contributed by atoms with Gasteiger partial charge in [-0.05, 0) is 62.5 Å². The van der Waals surface area contributed by atoms with E-state index in [1.165, 1.54) is 11.0 Å². The number of rotatable bonds is 12. The lowest BCUT2D eigenvalue weighted by Crippen LogP contribution is -2.57. The highest BCUT2D eigenvalue weighted by Crippen LogP contribution is 2.46. The van der Waals surface area contributed by atoms with E-state index in [-0.39, 0.29) is 31.7 Å². The smallest absolute Gasteiger partial charge is 0.259 e. The van der Waals surface area contributed by atoms with E-state index in [2.05, 4.69) is 21.9 Å². The van der Waals surface area contributed by atoms with Crippen molar-refractivity contribution in [2.45, 2.75) is 95.0 Å². The number of fused-ring (bicyclic) bond motifs is 1. The van der Waals surface area contributed by atoms with E-state index >= 15 is 0 Å². The number of amides is 5. The molecule has 4 fully saturated rings. The van der Waals surface area contributed by atoms with Crippen molar-refractivity contribution in [2.75, 3.05) is 19.6 Å². The summed E-state index contributed by atoms with van der Waals surface area (Å²) in [4.78, 5) is 78.7. The maximum atomic E-state index is 14.8. The van der Waals surface area contributed by atoms with Gasteiger partial charge in [0.05, 0.1) is 27.9 Å². The standard InChI is InChI=1S/C43H52N6O7S/c1-5-28-25-43(28,41(54)47-57(55,56)30-18-19-30)46-39(52)36-22-29(26-49(36)40(53)33(42(2,3)4)24-37(50)48-20-12-7-13-21-48)44-38(51)32-23-35(27-14-8-6-9-15-27)45-34-17-11-10-16-31(32)34/h5-6,8-11,14-17,23,28-30,33,36H,1,7,12-13,18-22,24-26H2,2-4H3,(H,44,51)(H,46,52)(H,47,54)/t28-,29+,33+,36-,43+/m0/s1. The van der Waals surface area contributed by atoms with Gasteiger partial charge < -0.3 is 20.4 Å². The topological polar surface area (TPSA) is 175 Å². The summed E-state index contributed by atoms with van der Waals surface area (Å²) in [7, 11) is -3.91. The largest absolute Gasteiger partial charge is 0.347 e. The molecule has 0 radical (unpaired) electrons. The van der Waals surface area contributed by atoms with Gasteiger partial charge in [0, 0.05) is 49.0 Å². The number of aromatic nitrogens is 1. The number of carbonyl (C=O) groups is 5. The third kappa shape index (κ3) is 8.46. The Hall–Kier alpha value is -5.11. The minimum Gasteiger partial charge on any atom is -0.347 e. The number of carbonyl (C=O) groups excluding carboxylic acids is 5. The Balaban J connectivity index is 1.18. The molecule has 5 atom stereocenters. The molecule has 14 heteroatoms. The van der Waals surface area contributed by atoms with E-state index in [1.807, 2.05) is 75.4 Å². The normalized spacial score (nSPS) is 24.0. The molecule has 5 amide bonds. The molecular weight excluding hydrogens is 745 g/mol. The molecule has 2 aliphatic carbocycles. The van der Waals surface area contributed by atoms with Crippen LogP contribution < -0.4 is 15.4 Å². The van der Waals surface area contributed by atoms with Crippen LogP contribution in [0.5, 0.6) is 0 Å². The average Bonchev–Trinajstić information content (AvgIpc) is 4.13. The van der Waals surface area contributed by atoms with Gasteiger partial charge in [-0.3, -0.25) is 28.7 Å². The highest BCUT2D eigenvalue weighted by molar-refractivity contribution is 7.91. The van der Waals surface area contributed by atoms with Gasteiger partial charge in [0.2, 0.25) is 27.7 Å². The van der Waals surface area contributed by atoms with Crippen LogP contribution in [0, 0.1) is 17.3 Å². The van der Waals surface area contributed by atoms with Crippen molar-refractivity contribution in [1.29, 1.82) is 0 Å². The van der Waals surface area contributed by atoms with Crippen LogP contribution in [0.25, 0.3) is 22.2 Å². The van der Waals surface area contributed by atoms with Crippen molar-refractivity contribution < 1.29 is 32.4 Å². The Morgan fingerprint density at radius 2 is 1.67 bits per heavy atom. The predicted molar refractivity (Wildman–Crippen MR) is 216 cm³/mol. The molecule has 3 N–H and O–H groups in total. The zero-order valence-corrected chi connectivity index (χ0v) is 33.6. The first-order chi connectivity index (χ1) is 27.1. The second kappa shape index (κ2) is 15.7. The minimum absolute atomic E-state index is 0.0195. The van der Waals surface area contributed by atoms with Gasteiger partial charge in [-0.1, -0.05) is 75.4 Å². The molecule has 0 unspecified atom stereocenters. The molecule has 302 valence electrons. The van der Waals surface area contributed by atoms with Crippen molar-refractivity contribution in [3.05, 3.63) is 78.9 Å². The van der Waals surface area contributed by atoms with Gasteiger partial charge in [-0.2, -0.15) is 0 Å². The SMILES string of the molecule is C=C[C@H]1C[C@]1(NC(=O)[C@@H]1C[C@@H](NC(=O)c2cc(-c3ccccc3)nc3ccccc23)CN1C(=O)[C@@H](CC(=O)N1CCCCC1)C(C)(C)C)C(=O)NS(=O)(=O)C1CC1. The van der Waals surface area contributed by atoms with Crippen molar-refractivity contribution in [1.82, 2.24) is 30.1 Å². The fraction of sp³-hybridized carbons (Fsp3) is 0.488. The molecule has 4 aliphatic rings. The molecule has 2 aromatic carbocycles. The summed E-state index contributed by atoms with van der Waals surface area (Å²) in [6, 6.07) is 16.8. The summed E-state index contributed by atoms with van der Waals surface area (Å²) in [5, 5.41) is 5.90. The summed E-state index contributed by atoms with van der Waals surface area (Å²) >= 11 is 0. The van der Waals surface area contributed by atoms with Crippen LogP contribution in [-0.4, -0.2) is 95.2 Å². The van der Waals surface area contributed by atoms with Gasteiger partial charge in [0.1, 0.15) is 11.6 Å². The van der Waals surface area contributed by atoms with Gasteiger partial charge in [0.25, 0.3) is 11.8 Å². The lowest BCUT2D eigenvalue weighted by atomic mass is 9.77. The van der Waals surface area contributed by atoms with Crippen molar-refractivity contribution >= 4 is 50.5 Å². The van der Waals surface area contributed by atoms with Gasteiger partial charge >= 0.3 is 0 Å². The van der Waals surface area contributed by atoms with E-state index in [1.54, 1.807) is 11.0 Å². The van der Waals surface area contributed by atoms with Crippen molar-refractivity contribution in [3.8, 4) is 11.3 Å². The zero-order chi connectivity index (χ0) is 40.7. The number of nitrogens with one attached hydrogen (secondary N) is 3. The second-order valence-corrected chi connectivity index (χ2v) is 19.1. The monoisotopic (exact) mass is 796 g/mol. The highest BCUT2D eigenvalue weighted by atomic mass is 32.2. The second-order valence-electron chi connectivity index (χ2n) is 17.1. The molecule has 57 heavy (non-hydrogen) atoms. The molecular formula is C43H52N6O7S. The number of sulfonamides is 1. The number of hydrogen-bond donors (Lipinski definition) is 3. The summed E-state index contributed by atoms with van der Waals surface area (Å²) in [6.07, 6.45) is 5.39. The first-order valence-corrected chi connectivity index (χ1v) is 21.5. The van der Waals surface area contributed by atoms with Gasteiger partial charge in [0.15, 0.2) is 0 Å². The molecule has 2 saturated carbocycles. The van der Waals surface area contributed by atoms with Crippen LogP contribution in [0.1, 0.15) is 82.5 Å². The van der Waals surface area contributed by atoms with Crippen LogP contribution in [-0.2, 0) is 29.2 Å². The molecule has 2 aliphatic heterocycles. The Labute approximate surface area is 334 Å². The fourth-order valence-electron chi connectivity index (χ4n) is 8.25. The number of piperidine rings is 1. The van der Waals surface area contributed by atoms with Crippen molar-refractivity contribution in [3.63, 3.8) is 0 Å². The molecule has 0 spiro atoms. The molecule has 3 aromatic rings. The Morgan fingerprint density at radius 1 is 0.982 bits per heavy atom.